The third-order valence-corrected chi connectivity index (χ3v) is 2.63. The van der Waals surface area contributed by atoms with E-state index in [4.69, 9.17) is 14.9 Å². The molecule has 6 nitrogen and oxygen atoms in total. The number of aliphatic hydroxyl groups is 1. The quantitative estimate of drug-likeness (QED) is 0.422. The Morgan fingerprint density at radius 3 is 2.50 bits per heavy atom. The van der Waals surface area contributed by atoms with Gasteiger partial charge in [-0.3, -0.25) is 9.59 Å². The number of Topliss-reactive ketones (excluding diaryl/α,β-unsaturated/α-hetero) is 1. The summed E-state index contributed by atoms with van der Waals surface area (Å²) in [5.41, 5.74) is 0.475. The molecule has 110 valence electrons. The molecule has 0 aliphatic heterocycles. The fourth-order valence-corrected chi connectivity index (χ4v) is 1.71. The Balaban J connectivity index is 2.55. The topological polar surface area (TPSA) is 95.9 Å². The average molecular weight is 281 g/mol. The van der Waals surface area contributed by atoms with E-state index in [0.29, 0.717) is 18.7 Å². The van der Waals surface area contributed by atoms with Gasteiger partial charge in [0.05, 0.1) is 32.3 Å². The highest BCUT2D eigenvalue weighted by Gasteiger charge is 2.22. The molecule has 3 N–H and O–H groups in total. The molecule has 0 aliphatic carbocycles. The largest absolute Gasteiger partial charge is 0.481 e. The van der Waals surface area contributed by atoms with E-state index >= 15 is 0 Å². The van der Waals surface area contributed by atoms with Gasteiger partial charge < -0.3 is 20.3 Å². The van der Waals surface area contributed by atoms with Crippen LogP contribution in [0.25, 0.3) is 0 Å². The number of hydrogen-bond donors (Lipinski definition) is 3. The number of carboxylic acid groups (broad SMARTS) is 1. The van der Waals surface area contributed by atoms with Gasteiger partial charge in [0.15, 0.2) is 5.78 Å². The lowest BCUT2D eigenvalue weighted by atomic mass is 10.0. The Bertz CT molecular complexity index is 421. The number of benzene rings is 1. The number of rotatable bonds is 10. The van der Waals surface area contributed by atoms with Crippen molar-refractivity contribution in [3.63, 3.8) is 0 Å². The number of carbonyl (C=O) groups excluding carboxylic acids is 1. The van der Waals surface area contributed by atoms with Crippen molar-refractivity contribution in [2.24, 2.45) is 0 Å². The van der Waals surface area contributed by atoms with E-state index in [9.17, 15) is 9.59 Å². The van der Waals surface area contributed by atoms with E-state index in [1.54, 1.807) is 30.3 Å². The summed E-state index contributed by atoms with van der Waals surface area (Å²) in [5.74, 6) is -1.29. The van der Waals surface area contributed by atoms with Crippen molar-refractivity contribution in [3.8, 4) is 0 Å². The van der Waals surface area contributed by atoms with Gasteiger partial charge in [0, 0.05) is 12.1 Å². The van der Waals surface area contributed by atoms with E-state index in [1.807, 2.05) is 0 Å². The molecule has 0 saturated heterocycles. The van der Waals surface area contributed by atoms with Crippen molar-refractivity contribution < 1.29 is 24.5 Å². The lowest BCUT2D eigenvalue weighted by Crippen LogP contribution is -2.40. The lowest BCUT2D eigenvalue weighted by Gasteiger charge is -2.16. The van der Waals surface area contributed by atoms with Crippen LogP contribution in [0.15, 0.2) is 30.3 Å². The summed E-state index contributed by atoms with van der Waals surface area (Å²) in [6.07, 6.45) is -0.284. The number of ether oxygens (including phenoxy) is 1. The van der Waals surface area contributed by atoms with Gasteiger partial charge in [-0.2, -0.15) is 0 Å². The molecule has 0 fully saturated rings. The second kappa shape index (κ2) is 9.19. The molecule has 1 aromatic carbocycles. The van der Waals surface area contributed by atoms with Crippen LogP contribution in [-0.4, -0.2) is 54.4 Å². The first-order chi connectivity index (χ1) is 9.65. The van der Waals surface area contributed by atoms with Crippen molar-refractivity contribution >= 4 is 11.8 Å². The molecule has 0 amide bonds. The number of aliphatic hydroxyl groups excluding tert-OH is 1. The number of ketones is 1. The van der Waals surface area contributed by atoms with Gasteiger partial charge in [-0.15, -0.1) is 0 Å². The van der Waals surface area contributed by atoms with Crippen LogP contribution >= 0.6 is 0 Å². The maximum Gasteiger partial charge on any atom is 0.305 e. The number of aliphatic carboxylic acids is 1. The Labute approximate surface area is 117 Å². The maximum absolute atomic E-state index is 12.2. The summed E-state index contributed by atoms with van der Waals surface area (Å²) in [6.45, 7) is 0.800. The summed E-state index contributed by atoms with van der Waals surface area (Å²) in [5, 5.41) is 20.3. The fourth-order valence-electron chi connectivity index (χ4n) is 1.71. The first-order valence-corrected chi connectivity index (χ1v) is 6.38. The summed E-state index contributed by atoms with van der Waals surface area (Å²) >= 11 is 0. The molecule has 0 saturated carbocycles. The minimum atomic E-state index is -1.04. The molecule has 6 heteroatoms. The summed E-state index contributed by atoms with van der Waals surface area (Å²) in [6, 6.07) is 7.78. The van der Waals surface area contributed by atoms with Crippen molar-refractivity contribution in [2.45, 2.75) is 12.5 Å². The van der Waals surface area contributed by atoms with Crippen molar-refractivity contribution in [2.75, 3.05) is 26.4 Å². The maximum atomic E-state index is 12.2. The van der Waals surface area contributed by atoms with Crippen LogP contribution in [0.5, 0.6) is 0 Å². The van der Waals surface area contributed by atoms with Crippen LogP contribution in [0.1, 0.15) is 16.8 Å². The summed E-state index contributed by atoms with van der Waals surface area (Å²) in [4.78, 5) is 23.0. The van der Waals surface area contributed by atoms with Gasteiger partial charge in [-0.05, 0) is 0 Å². The molecular weight excluding hydrogens is 262 g/mol. The molecule has 0 bridgehead atoms. The van der Waals surface area contributed by atoms with E-state index in [1.165, 1.54) is 0 Å². The molecule has 20 heavy (non-hydrogen) atoms. The molecule has 1 rings (SSSR count). The van der Waals surface area contributed by atoms with Gasteiger partial charge in [0.1, 0.15) is 0 Å². The Morgan fingerprint density at radius 2 is 1.90 bits per heavy atom. The minimum Gasteiger partial charge on any atom is -0.481 e. The number of carboxylic acids is 1. The Kier molecular flexibility index (Phi) is 7.49. The standard InChI is InChI=1S/C14H19NO5/c16-7-9-20-8-6-15-12(10-13(17)18)14(19)11-4-2-1-3-5-11/h1-5,12,15-16H,6-10H2,(H,17,18). The lowest BCUT2D eigenvalue weighted by molar-refractivity contribution is -0.137. The highest BCUT2D eigenvalue weighted by Crippen LogP contribution is 2.06. The van der Waals surface area contributed by atoms with Gasteiger partial charge in [-0.1, -0.05) is 30.3 Å². The predicted molar refractivity (Wildman–Crippen MR) is 72.7 cm³/mol. The third kappa shape index (κ3) is 5.92. The first kappa shape index (κ1) is 16.3. The fraction of sp³-hybridized carbons (Fsp3) is 0.429. The second-order valence-corrected chi connectivity index (χ2v) is 4.17. The minimum absolute atomic E-state index is 0.0680. The van der Waals surface area contributed by atoms with Gasteiger partial charge in [0.25, 0.3) is 0 Å². The van der Waals surface area contributed by atoms with Crippen LogP contribution in [0, 0.1) is 0 Å². The van der Waals surface area contributed by atoms with Crippen LogP contribution < -0.4 is 5.32 Å². The number of nitrogens with one attached hydrogen (secondary N) is 1. The van der Waals surface area contributed by atoms with E-state index in [2.05, 4.69) is 5.32 Å². The first-order valence-electron chi connectivity index (χ1n) is 6.38. The molecular formula is C14H19NO5. The number of hydrogen-bond acceptors (Lipinski definition) is 5. The molecule has 0 spiro atoms. The van der Waals surface area contributed by atoms with Crippen molar-refractivity contribution in [1.29, 1.82) is 0 Å². The molecule has 0 radical (unpaired) electrons. The van der Waals surface area contributed by atoms with Gasteiger partial charge in [0.2, 0.25) is 0 Å². The van der Waals surface area contributed by atoms with Gasteiger partial charge in [-0.25, -0.2) is 0 Å². The van der Waals surface area contributed by atoms with E-state index in [-0.39, 0.29) is 25.4 Å². The Morgan fingerprint density at radius 1 is 1.20 bits per heavy atom. The van der Waals surface area contributed by atoms with Crippen molar-refractivity contribution in [1.82, 2.24) is 5.32 Å². The normalized spacial score (nSPS) is 12.1. The zero-order chi connectivity index (χ0) is 14.8. The zero-order valence-electron chi connectivity index (χ0n) is 11.1. The molecule has 0 heterocycles. The van der Waals surface area contributed by atoms with Crippen molar-refractivity contribution in [3.05, 3.63) is 35.9 Å². The summed E-state index contributed by atoms with van der Waals surface area (Å²) in [7, 11) is 0. The second-order valence-electron chi connectivity index (χ2n) is 4.17. The highest BCUT2D eigenvalue weighted by molar-refractivity contribution is 6.01. The highest BCUT2D eigenvalue weighted by atomic mass is 16.5. The van der Waals surface area contributed by atoms with Crippen LogP contribution in [-0.2, 0) is 9.53 Å². The van der Waals surface area contributed by atoms with Crippen LogP contribution in [0.2, 0.25) is 0 Å². The van der Waals surface area contributed by atoms with E-state index in [0.717, 1.165) is 0 Å². The average Bonchev–Trinajstić information content (AvgIpc) is 2.45. The van der Waals surface area contributed by atoms with Gasteiger partial charge >= 0.3 is 5.97 Å². The SMILES string of the molecule is O=C(O)CC(NCCOCCO)C(=O)c1ccccc1. The zero-order valence-corrected chi connectivity index (χ0v) is 11.1. The smallest absolute Gasteiger partial charge is 0.305 e. The van der Waals surface area contributed by atoms with Crippen LogP contribution in [0.4, 0.5) is 0 Å². The molecule has 1 unspecified atom stereocenters. The predicted octanol–water partition coefficient (Wildman–Crippen LogP) is 0.311. The monoisotopic (exact) mass is 281 g/mol. The Hall–Kier alpha value is -1.76. The summed E-state index contributed by atoms with van der Waals surface area (Å²) < 4.78 is 5.05. The molecule has 1 aromatic rings. The van der Waals surface area contributed by atoms with E-state index < -0.39 is 12.0 Å². The molecule has 0 aromatic heterocycles. The molecule has 1 atom stereocenters. The van der Waals surface area contributed by atoms with Crippen LogP contribution in [0.3, 0.4) is 0 Å². The number of carbonyl (C=O) groups is 2. The molecule has 0 aliphatic rings. The third-order valence-electron chi connectivity index (χ3n) is 2.63.